The maximum atomic E-state index is 5.52. The molecule has 1 heterocycles. The molecule has 3 nitrogen and oxygen atoms in total. The Bertz CT molecular complexity index is 356. The first-order valence-corrected chi connectivity index (χ1v) is 6.32. The Labute approximate surface area is 105 Å². The minimum absolute atomic E-state index is 0.0497. The summed E-state index contributed by atoms with van der Waals surface area (Å²) in [6.07, 6.45) is 0. The molecule has 0 atom stereocenters. The predicted octanol–water partition coefficient (Wildman–Crippen LogP) is 2.89. The summed E-state index contributed by atoms with van der Waals surface area (Å²) < 4.78 is 5.52. The van der Waals surface area contributed by atoms with Crippen LogP contribution in [0.5, 0.6) is 5.88 Å². The van der Waals surface area contributed by atoms with Gasteiger partial charge in [0.05, 0.1) is 12.3 Å². The van der Waals surface area contributed by atoms with Crippen LogP contribution >= 0.6 is 0 Å². The average Bonchev–Trinajstić information content (AvgIpc) is 2.25. The molecule has 1 aromatic heterocycles. The minimum Gasteiger partial charge on any atom is -0.478 e. The molecule has 3 heteroatoms. The van der Waals surface area contributed by atoms with E-state index in [1.165, 1.54) is 5.56 Å². The molecular weight excluding hydrogens is 212 g/mol. The molecule has 0 radical (unpaired) electrons. The van der Waals surface area contributed by atoms with Gasteiger partial charge in [0.15, 0.2) is 0 Å². The second kappa shape index (κ2) is 6.01. The molecule has 0 unspecified atom stereocenters. The molecule has 1 aromatic rings. The molecular formula is C14H24N2O. The van der Waals surface area contributed by atoms with E-state index in [-0.39, 0.29) is 5.41 Å². The first-order valence-electron chi connectivity index (χ1n) is 6.32. The van der Waals surface area contributed by atoms with Gasteiger partial charge in [-0.2, -0.15) is 0 Å². The molecule has 0 fully saturated rings. The highest BCUT2D eigenvalue weighted by atomic mass is 16.5. The van der Waals surface area contributed by atoms with Gasteiger partial charge < -0.3 is 10.1 Å². The number of nitrogens with zero attached hydrogens (tertiary/aromatic N) is 1. The average molecular weight is 236 g/mol. The van der Waals surface area contributed by atoms with Gasteiger partial charge in [0.2, 0.25) is 5.88 Å². The van der Waals surface area contributed by atoms with E-state index in [4.69, 9.17) is 4.74 Å². The fourth-order valence-corrected chi connectivity index (χ4v) is 1.54. The Morgan fingerprint density at radius 2 is 1.94 bits per heavy atom. The molecule has 0 spiro atoms. The number of ether oxygens (including phenoxy) is 1. The minimum atomic E-state index is 0.0497. The normalized spacial score (nSPS) is 11.6. The number of nitrogens with one attached hydrogen (secondary N) is 1. The van der Waals surface area contributed by atoms with Crippen LogP contribution in [0.4, 0.5) is 0 Å². The SMILES string of the molecule is CCNCc1cc(OCC)nc(C(C)(C)C)c1. The van der Waals surface area contributed by atoms with Crippen molar-refractivity contribution in [3.05, 3.63) is 23.4 Å². The Kier molecular flexibility index (Phi) is 4.94. The van der Waals surface area contributed by atoms with Crippen LogP contribution in [0, 0.1) is 0 Å². The second-order valence-corrected chi connectivity index (χ2v) is 5.16. The van der Waals surface area contributed by atoms with Crippen molar-refractivity contribution in [2.45, 2.75) is 46.6 Å². The predicted molar refractivity (Wildman–Crippen MR) is 71.5 cm³/mol. The topological polar surface area (TPSA) is 34.1 Å². The Morgan fingerprint density at radius 3 is 2.47 bits per heavy atom. The highest BCUT2D eigenvalue weighted by Crippen LogP contribution is 2.24. The molecule has 0 amide bonds. The van der Waals surface area contributed by atoms with E-state index in [0.717, 1.165) is 24.7 Å². The first-order chi connectivity index (χ1) is 7.97. The monoisotopic (exact) mass is 236 g/mol. The summed E-state index contributed by atoms with van der Waals surface area (Å²) in [5, 5.41) is 3.33. The molecule has 1 rings (SSSR count). The maximum absolute atomic E-state index is 5.52. The van der Waals surface area contributed by atoms with Crippen molar-refractivity contribution < 1.29 is 4.74 Å². The van der Waals surface area contributed by atoms with Crippen molar-refractivity contribution in [2.75, 3.05) is 13.2 Å². The lowest BCUT2D eigenvalue weighted by Crippen LogP contribution is -2.17. The highest BCUT2D eigenvalue weighted by Gasteiger charge is 2.17. The van der Waals surface area contributed by atoms with Crippen LogP contribution in [0.25, 0.3) is 0 Å². The van der Waals surface area contributed by atoms with Crippen LogP contribution in [0.3, 0.4) is 0 Å². The fraction of sp³-hybridized carbons (Fsp3) is 0.643. The van der Waals surface area contributed by atoms with Crippen molar-refractivity contribution in [3.8, 4) is 5.88 Å². The number of rotatable bonds is 5. The van der Waals surface area contributed by atoms with E-state index >= 15 is 0 Å². The summed E-state index contributed by atoms with van der Waals surface area (Å²) in [6.45, 7) is 13.1. The van der Waals surface area contributed by atoms with E-state index in [2.05, 4.69) is 44.1 Å². The van der Waals surface area contributed by atoms with E-state index in [1.807, 2.05) is 13.0 Å². The van der Waals surface area contributed by atoms with Gasteiger partial charge in [-0.3, -0.25) is 0 Å². The third-order valence-electron chi connectivity index (χ3n) is 2.50. The van der Waals surface area contributed by atoms with Gasteiger partial charge >= 0.3 is 0 Å². The lowest BCUT2D eigenvalue weighted by molar-refractivity contribution is 0.323. The van der Waals surface area contributed by atoms with Crippen LogP contribution in [0.1, 0.15) is 45.9 Å². The number of pyridine rings is 1. The van der Waals surface area contributed by atoms with Crippen LogP contribution in [-0.4, -0.2) is 18.1 Å². The summed E-state index contributed by atoms with van der Waals surface area (Å²) in [7, 11) is 0. The van der Waals surface area contributed by atoms with Gasteiger partial charge in [0.1, 0.15) is 0 Å². The molecule has 96 valence electrons. The van der Waals surface area contributed by atoms with Gasteiger partial charge in [-0.15, -0.1) is 0 Å². The quantitative estimate of drug-likeness (QED) is 0.853. The van der Waals surface area contributed by atoms with Gasteiger partial charge in [-0.25, -0.2) is 4.98 Å². The molecule has 0 aromatic carbocycles. The molecule has 0 aliphatic carbocycles. The van der Waals surface area contributed by atoms with Gasteiger partial charge in [0, 0.05) is 18.0 Å². The second-order valence-electron chi connectivity index (χ2n) is 5.16. The molecule has 17 heavy (non-hydrogen) atoms. The lowest BCUT2D eigenvalue weighted by Gasteiger charge is -2.20. The van der Waals surface area contributed by atoms with Gasteiger partial charge in [0.25, 0.3) is 0 Å². The molecule has 1 N–H and O–H groups in total. The lowest BCUT2D eigenvalue weighted by atomic mass is 9.91. The molecule has 0 bridgehead atoms. The van der Waals surface area contributed by atoms with Crippen molar-refractivity contribution in [2.24, 2.45) is 0 Å². The highest BCUT2D eigenvalue weighted by molar-refractivity contribution is 5.28. The summed E-state index contributed by atoms with van der Waals surface area (Å²) in [5.41, 5.74) is 2.36. The van der Waals surface area contributed by atoms with Crippen LogP contribution in [0.2, 0.25) is 0 Å². The van der Waals surface area contributed by atoms with Crippen molar-refractivity contribution in [1.29, 1.82) is 0 Å². The van der Waals surface area contributed by atoms with Crippen molar-refractivity contribution >= 4 is 0 Å². The Balaban J connectivity index is 3.01. The summed E-state index contributed by atoms with van der Waals surface area (Å²) in [5.74, 6) is 0.729. The summed E-state index contributed by atoms with van der Waals surface area (Å²) in [6, 6.07) is 4.17. The third-order valence-corrected chi connectivity index (χ3v) is 2.50. The van der Waals surface area contributed by atoms with Crippen LogP contribution < -0.4 is 10.1 Å². The molecule has 0 aliphatic rings. The molecule has 0 aliphatic heterocycles. The largest absolute Gasteiger partial charge is 0.478 e. The van der Waals surface area contributed by atoms with Crippen molar-refractivity contribution in [3.63, 3.8) is 0 Å². The summed E-state index contributed by atoms with van der Waals surface area (Å²) in [4.78, 5) is 4.55. The van der Waals surface area contributed by atoms with Crippen LogP contribution in [-0.2, 0) is 12.0 Å². The third kappa shape index (κ3) is 4.35. The van der Waals surface area contributed by atoms with Crippen LogP contribution in [0.15, 0.2) is 12.1 Å². The van der Waals surface area contributed by atoms with E-state index in [0.29, 0.717) is 6.61 Å². The zero-order chi connectivity index (χ0) is 12.9. The zero-order valence-electron chi connectivity index (χ0n) is 11.6. The fourth-order valence-electron chi connectivity index (χ4n) is 1.54. The van der Waals surface area contributed by atoms with E-state index in [1.54, 1.807) is 0 Å². The zero-order valence-corrected chi connectivity index (χ0v) is 11.6. The Morgan fingerprint density at radius 1 is 1.24 bits per heavy atom. The standard InChI is InChI=1S/C14H24N2O/c1-6-15-10-11-8-12(14(3,4)5)16-13(9-11)17-7-2/h8-9,15H,6-7,10H2,1-5H3. The maximum Gasteiger partial charge on any atom is 0.213 e. The smallest absolute Gasteiger partial charge is 0.213 e. The first kappa shape index (κ1) is 14.0. The number of hydrogen-bond acceptors (Lipinski definition) is 3. The molecule has 0 saturated heterocycles. The van der Waals surface area contributed by atoms with E-state index < -0.39 is 0 Å². The van der Waals surface area contributed by atoms with Gasteiger partial charge in [-0.1, -0.05) is 27.7 Å². The Hall–Kier alpha value is -1.09. The summed E-state index contributed by atoms with van der Waals surface area (Å²) >= 11 is 0. The number of aromatic nitrogens is 1. The van der Waals surface area contributed by atoms with Gasteiger partial charge in [-0.05, 0) is 25.1 Å². The van der Waals surface area contributed by atoms with Crippen molar-refractivity contribution in [1.82, 2.24) is 10.3 Å². The van der Waals surface area contributed by atoms with E-state index in [9.17, 15) is 0 Å². The number of hydrogen-bond donors (Lipinski definition) is 1. The molecule has 0 saturated carbocycles.